The number of nitrogens with zero attached hydrogens (tertiary/aromatic N) is 3. The molecule has 0 bridgehead atoms. The van der Waals surface area contributed by atoms with Crippen LogP contribution in [0.25, 0.3) is 6.08 Å². The van der Waals surface area contributed by atoms with Crippen molar-refractivity contribution in [2.45, 2.75) is 60.6 Å². The minimum atomic E-state index is -0.619. The van der Waals surface area contributed by atoms with Gasteiger partial charge in [-0.1, -0.05) is 6.07 Å². The monoisotopic (exact) mass is 484 g/mol. The molecule has 0 aliphatic rings. The molecule has 0 saturated heterocycles. The number of ether oxygens (including phenoxy) is 3. The maximum absolute atomic E-state index is 12.2. The number of hydrogen-bond acceptors (Lipinski definition) is 9. The first-order valence-electron chi connectivity index (χ1n) is 10.8. The maximum Gasteiger partial charge on any atom is 0.331 e. The van der Waals surface area contributed by atoms with Crippen molar-refractivity contribution in [3.8, 4) is 11.5 Å². The molecule has 2 aromatic rings. The molecule has 186 valence electrons. The van der Waals surface area contributed by atoms with Crippen molar-refractivity contribution >= 4 is 30.2 Å². The fourth-order valence-corrected chi connectivity index (χ4v) is 2.69. The Morgan fingerprint density at radius 3 is 2.23 bits per heavy atom. The SMILES string of the molecule is CC(=O)Oc1ccc(/C=C/C(=O)OCc2nc(C)c(/C=[N+](\O)C(C)(C)C)nc2C)cc1OC(C)=O. The largest absolute Gasteiger partial charge is 0.456 e. The van der Waals surface area contributed by atoms with Crippen LogP contribution in [0.15, 0.2) is 24.3 Å². The van der Waals surface area contributed by atoms with Gasteiger partial charge < -0.3 is 14.2 Å². The number of carbonyl (C=O) groups excluding carboxylic acids is 3. The Bertz CT molecular complexity index is 1190. The second-order valence-corrected chi connectivity index (χ2v) is 8.71. The quantitative estimate of drug-likeness (QED) is 0.120. The molecule has 35 heavy (non-hydrogen) atoms. The highest BCUT2D eigenvalue weighted by atomic mass is 16.6. The van der Waals surface area contributed by atoms with E-state index in [1.165, 1.54) is 44.3 Å². The van der Waals surface area contributed by atoms with Gasteiger partial charge in [0.05, 0.1) is 17.1 Å². The van der Waals surface area contributed by atoms with Crippen LogP contribution in [-0.4, -0.2) is 49.6 Å². The van der Waals surface area contributed by atoms with Gasteiger partial charge in [-0.15, -0.1) is 0 Å². The van der Waals surface area contributed by atoms with E-state index in [-0.39, 0.29) is 18.1 Å². The zero-order valence-corrected chi connectivity index (χ0v) is 20.9. The summed E-state index contributed by atoms with van der Waals surface area (Å²) in [6, 6.07) is 4.50. The maximum atomic E-state index is 12.2. The van der Waals surface area contributed by atoms with E-state index in [0.29, 0.717) is 28.3 Å². The van der Waals surface area contributed by atoms with Gasteiger partial charge in [-0.3, -0.25) is 19.8 Å². The molecule has 0 saturated carbocycles. The van der Waals surface area contributed by atoms with Crippen LogP contribution in [-0.2, 0) is 25.7 Å². The predicted octanol–water partition coefficient (Wildman–Crippen LogP) is 3.32. The highest BCUT2D eigenvalue weighted by Crippen LogP contribution is 2.29. The van der Waals surface area contributed by atoms with Gasteiger partial charge in [-0.25, -0.2) is 9.78 Å². The summed E-state index contributed by atoms with van der Waals surface area (Å²) in [7, 11) is 0. The van der Waals surface area contributed by atoms with Crippen LogP contribution in [0.4, 0.5) is 0 Å². The minimum Gasteiger partial charge on any atom is -0.456 e. The van der Waals surface area contributed by atoms with Gasteiger partial charge in [0, 0.05) is 40.7 Å². The third kappa shape index (κ3) is 8.33. The number of rotatable bonds is 7. The lowest BCUT2D eigenvalue weighted by molar-refractivity contribution is -0.816. The van der Waals surface area contributed by atoms with E-state index < -0.39 is 23.4 Å². The van der Waals surface area contributed by atoms with E-state index in [0.717, 1.165) is 4.74 Å². The number of aromatic nitrogens is 2. The van der Waals surface area contributed by atoms with E-state index in [2.05, 4.69) is 9.97 Å². The standard InChI is InChI=1S/C25H30N3O7/c1-15-20(13-28(32)25(5,6)7)26-16(2)21(27-15)14-33-24(31)11-9-19-8-10-22(34-17(3)29)23(12-19)35-18(4)30/h8-13,32H,14H2,1-7H3/q+1/b11-9+. The first-order valence-corrected chi connectivity index (χ1v) is 10.8. The molecule has 0 fully saturated rings. The molecule has 0 radical (unpaired) electrons. The van der Waals surface area contributed by atoms with E-state index in [1.807, 2.05) is 20.8 Å². The fraction of sp³-hybridized carbons (Fsp3) is 0.360. The topological polar surface area (TPSA) is 128 Å². The molecule has 1 aromatic carbocycles. The van der Waals surface area contributed by atoms with E-state index >= 15 is 0 Å². The van der Waals surface area contributed by atoms with Crippen LogP contribution < -0.4 is 9.47 Å². The normalized spacial score (nSPS) is 11.9. The van der Waals surface area contributed by atoms with Crippen LogP contribution in [0.3, 0.4) is 0 Å². The Kier molecular flexibility index (Phi) is 8.82. The Labute approximate surface area is 203 Å². The Hall–Kier alpha value is -4.08. The number of benzene rings is 1. The zero-order valence-electron chi connectivity index (χ0n) is 20.9. The molecular weight excluding hydrogens is 454 g/mol. The van der Waals surface area contributed by atoms with Crippen LogP contribution in [0.2, 0.25) is 0 Å². The summed E-state index contributed by atoms with van der Waals surface area (Å²) in [6.07, 6.45) is 4.19. The lowest BCUT2D eigenvalue weighted by Gasteiger charge is -2.11. The van der Waals surface area contributed by atoms with Crippen LogP contribution in [0.1, 0.15) is 63.0 Å². The van der Waals surface area contributed by atoms with Crippen LogP contribution >= 0.6 is 0 Å². The summed E-state index contributed by atoms with van der Waals surface area (Å²) in [6.45, 7) is 11.4. The summed E-state index contributed by atoms with van der Waals surface area (Å²) in [5.41, 5.74) is 2.16. The lowest BCUT2D eigenvalue weighted by Crippen LogP contribution is -2.31. The van der Waals surface area contributed by atoms with Gasteiger partial charge >= 0.3 is 17.9 Å². The Morgan fingerprint density at radius 2 is 1.63 bits per heavy atom. The predicted molar refractivity (Wildman–Crippen MR) is 126 cm³/mol. The highest BCUT2D eigenvalue weighted by molar-refractivity contribution is 5.87. The number of aryl methyl sites for hydroxylation is 2. The van der Waals surface area contributed by atoms with E-state index in [4.69, 9.17) is 14.2 Å². The molecule has 0 aliphatic carbocycles. The van der Waals surface area contributed by atoms with Gasteiger partial charge in [0.25, 0.3) is 0 Å². The number of esters is 3. The van der Waals surface area contributed by atoms with Crippen molar-refractivity contribution in [1.82, 2.24) is 9.97 Å². The third-order valence-electron chi connectivity index (χ3n) is 4.55. The smallest absolute Gasteiger partial charge is 0.331 e. The molecule has 1 aromatic heterocycles. The fourth-order valence-electron chi connectivity index (χ4n) is 2.69. The molecular formula is C25H30N3O7+. The van der Waals surface area contributed by atoms with Crippen molar-refractivity contribution in [2.75, 3.05) is 0 Å². The molecule has 0 spiro atoms. The van der Waals surface area contributed by atoms with Gasteiger partial charge in [-0.2, -0.15) is 0 Å². The average molecular weight is 485 g/mol. The van der Waals surface area contributed by atoms with Crippen molar-refractivity contribution < 1.29 is 38.5 Å². The van der Waals surface area contributed by atoms with Crippen molar-refractivity contribution in [3.05, 3.63) is 52.6 Å². The summed E-state index contributed by atoms with van der Waals surface area (Å²) in [5.74, 6) is -1.63. The van der Waals surface area contributed by atoms with Gasteiger partial charge in [-0.05, 0) is 42.4 Å². The minimum absolute atomic E-state index is 0.0504. The molecule has 1 N–H and O–H groups in total. The van der Waals surface area contributed by atoms with Crippen molar-refractivity contribution in [3.63, 3.8) is 0 Å². The van der Waals surface area contributed by atoms with Crippen molar-refractivity contribution in [1.29, 1.82) is 0 Å². The Morgan fingerprint density at radius 1 is 1.00 bits per heavy atom. The number of hydroxylamine groups is 1. The second-order valence-electron chi connectivity index (χ2n) is 8.71. The first kappa shape index (κ1) is 27.2. The van der Waals surface area contributed by atoms with Gasteiger partial charge in [0.2, 0.25) is 11.8 Å². The average Bonchev–Trinajstić information content (AvgIpc) is 2.73. The molecule has 0 atom stereocenters. The molecule has 1 heterocycles. The number of carbonyl (C=O) groups is 3. The lowest BCUT2D eigenvalue weighted by atomic mass is 10.1. The van der Waals surface area contributed by atoms with Gasteiger partial charge in [0.15, 0.2) is 17.2 Å². The molecule has 10 nitrogen and oxygen atoms in total. The summed E-state index contributed by atoms with van der Waals surface area (Å²) < 4.78 is 16.4. The second kappa shape index (κ2) is 11.4. The molecule has 2 rings (SSSR count). The summed E-state index contributed by atoms with van der Waals surface area (Å²) in [5, 5.41) is 10.2. The van der Waals surface area contributed by atoms with Crippen molar-refractivity contribution in [2.24, 2.45) is 0 Å². The Balaban J connectivity index is 2.11. The summed E-state index contributed by atoms with van der Waals surface area (Å²) >= 11 is 0. The van der Waals surface area contributed by atoms with E-state index in [1.54, 1.807) is 19.9 Å². The number of hydrogen-bond donors (Lipinski definition) is 1. The first-order chi connectivity index (χ1) is 16.3. The molecule has 10 heteroatoms. The highest BCUT2D eigenvalue weighted by Gasteiger charge is 2.25. The van der Waals surface area contributed by atoms with Crippen LogP contribution in [0, 0.1) is 13.8 Å². The third-order valence-corrected chi connectivity index (χ3v) is 4.55. The molecule has 0 unspecified atom stereocenters. The molecule has 0 amide bonds. The van der Waals surface area contributed by atoms with Crippen LogP contribution in [0.5, 0.6) is 11.5 Å². The summed E-state index contributed by atoms with van der Waals surface area (Å²) in [4.78, 5) is 43.7. The van der Waals surface area contributed by atoms with E-state index in [9.17, 15) is 19.6 Å². The van der Waals surface area contributed by atoms with Gasteiger partial charge in [0.1, 0.15) is 6.61 Å². The molecule has 0 aliphatic heterocycles. The zero-order chi connectivity index (χ0) is 26.3.